The van der Waals surface area contributed by atoms with E-state index in [9.17, 15) is 0 Å². The number of nitrogens with two attached hydrogens (primary N) is 1. The minimum Gasteiger partial charge on any atom is -0.384 e. The van der Waals surface area contributed by atoms with Crippen LogP contribution in [0.1, 0.15) is 12.6 Å². The Kier molecular flexibility index (Phi) is 2.44. The van der Waals surface area contributed by atoms with Gasteiger partial charge in [-0.25, -0.2) is 15.0 Å². The highest BCUT2D eigenvalue weighted by Crippen LogP contribution is 2.17. The summed E-state index contributed by atoms with van der Waals surface area (Å²) in [6.45, 7) is 2.04. The van der Waals surface area contributed by atoms with Gasteiger partial charge >= 0.3 is 0 Å². The van der Waals surface area contributed by atoms with Gasteiger partial charge in [0.15, 0.2) is 5.82 Å². The first-order valence-electron chi connectivity index (χ1n) is 5.84. The molecule has 0 aromatic carbocycles. The van der Waals surface area contributed by atoms with Crippen LogP contribution >= 0.6 is 0 Å². The Balaban J connectivity index is 2.16. The van der Waals surface area contributed by atoms with Crippen LogP contribution in [0.4, 0.5) is 5.82 Å². The van der Waals surface area contributed by atoms with E-state index in [2.05, 4.69) is 15.0 Å². The number of nitrogens with zero attached hydrogens (tertiary/aromatic N) is 4. The average Bonchev–Trinajstić information content (AvgIpc) is 2.81. The molecule has 5 nitrogen and oxygen atoms in total. The first-order chi connectivity index (χ1) is 8.76. The standard InChI is InChI=1S/C13H13N5/c1-2-9-7-11(14)17-13(15-9)10-8-18-6-4-3-5-12(18)16-10/h3-8H,2H2,1H3,(H2,14,15,17). The molecule has 2 N–H and O–H groups in total. The molecule has 0 saturated heterocycles. The fourth-order valence-corrected chi connectivity index (χ4v) is 1.86. The number of hydrogen-bond donors (Lipinski definition) is 1. The summed E-state index contributed by atoms with van der Waals surface area (Å²) in [5.41, 5.74) is 8.32. The van der Waals surface area contributed by atoms with Crippen molar-refractivity contribution in [2.45, 2.75) is 13.3 Å². The maximum atomic E-state index is 5.78. The number of rotatable bonds is 2. The van der Waals surface area contributed by atoms with Crippen molar-refractivity contribution in [3.05, 3.63) is 42.4 Å². The summed E-state index contributed by atoms with van der Waals surface area (Å²) in [4.78, 5) is 13.2. The summed E-state index contributed by atoms with van der Waals surface area (Å²) < 4.78 is 1.94. The van der Waals surface area contributed by atoms with Crippen LogP contribution in [0.3, 0.4) is 0 Å². The number of nitrogen functional groups attached to an aromatic ring is 1. The zero-order valence-electron chi connectivity index (χ0n) is 10.0. The lowest BCUT2D eigenvalue weighted by Gasteiger charge is -2.01. The van der Waals surface area contributed by atoms with Gasteiger partial charge < -0.3 is 10.1 Å². The van der Waals surface area contributed by atoms with E-state index in [4.69, 9.17) is 5.73 Å². The van der Waals surface area contributed by atoms with Crippen molar-refractivity contribution in [3.63, 3.8) is 0 Å². The van der Waals surface area contributed by atoms with E-state index in [1.807, 2.05) is 41.9 Å². The first kappa shape index (κ1) is 10.7. The Bertz CT molecular complexity index is 668. The smallest absolute Gasteiger partial charge is 0.182 e. The van der Waals surface area contributed by atoms with Crippen molar-refractivity contribution in [1.82, 2.24) is 19.4 Å². The monoisotopic (exact) mass is 239 g/mol. The molecule has 3 rings (SSSR count). The molecule has 0 aliphatic carbocycles. The van der Waals surface area contributed by atoms with E-state index < -0.39 is 0 Å². The van der Waals surface area contributed by atoms with E-state index in [1.54, 1.807) is 6.07 Å². The third-order valence-electron chi connectivity index (χ3n) is 2.75. The number of aromatic nitrogens is 4. The van der Waals surface area contributed by atoms with Crippen LogP contribution in [-0.2, 0) is 6.42 Å². The van der Waals surface area contributed by atoms with E-state index in [0.717, 1.165) is 23.5 Å². The van der Waals surface area contributed by atoms with Crippen LogP contribution in [0.15, 0.2) is 36.7 Å². The molecule has 3 heterocycles. The maximum absolute atomic E-state index is 5.78. The number of imidazole rings is 1. The Hall–Kier alpha value is -2.43. The minimum atomic E-state index is 0.480. The van der Waals surface area contributed by atoms with E-state index in [0.29, 0.717) is 11.6 Å². The van der Waals surface area contributed by atoms with Crippen LogP contribution < -0.4 is 5.73 Å². The lowest BCUT2D eigenvalue weighted by atomic mass is 10.3. The molecule has 0 aliphatic heterocycles. The summed E-state index contributed by atoms with van der Waals surface area (Å²) in [5, 5.41) is 0. The van der Waals surface area contributed by atoms with Crippen molar-refractivity contribution in [2.75, 3.05) is 5.73 Å². The normalized spacial score (nSPS) is 10.9. The van der Waals surface area contributed by atoms with Crippen LogP contribution in [0.2, 0.25) is 0 Å². The van der Waals surface area contributed by atoms with Gasteiger partial charge in [0, 0.05) is 24.2 Å². The Morgan fingerprint density at radius 3 is 2.89 bits per heavy atom. The van der Waals surface area contributed by atoms with Crippen molar-refractivity contribution in [1.29, 1.82) is 0 Å². The molecular formula is C13H13N5. The van der Waals surface area contributed by atoms with Gasteiger partial charge in [-0.15, -0.1) is 0 Å². The van der Waals surface area contributed by atoms with Crippen molar-refractivity contribution in [3.8, 4) is 11.5 Å². The van der Waals surface area contributed by atoms with Gasteiger partial charge in [-0.3, -0.25) is 0 Å². The minimum absolute atomic E-state index is 0.480. The quantitative estimate of drug-likeness (QED) is 0.742. The molecule has 0 radical (unpaired) electrons. The topological polar surface area (TPSA) is 69.1 Å². The fourth-order valence-electron chi connectivity index (χ4n) is 1.86. The number of aryl methyl sites for hydroxylation is 1. The molecule has 0 fully saturated rings. The molecule has 0 atom stereocenters. The van der Waals surface area contributed by atoms with Gasteiger partial charge in [0.1, 0.15) is 17.2 Å². The summed E-state index contributed by atoms with van der Waals surface area (Å²) in [6.07, 6.45) is 4.68. The van der Waals surface area contributed by atoms with E-state index in [-0.39, 0.29) is 0 Å². The highest BCUT2D eigenvalue weighted by atomic mass is 15.0. The zero-order chi connectivity index (χ0) is 12.5. The molecule has 18 heavy (non-hydrogen) atoms. The second-order valence-corrected chi connectivity index (χ2v) is 4.05. The molecule has 0 bridgehead atoms. The van der Waals surface area contributed by atoms with Gasteiger partial charge in [0.25, 0.3) is 0 Å². The Morgan fingerprint density at radius 2 is 2.11 bits per heavy atom. The predicted molar refractivity (Wildman–Crippen MR) is 70.0 cm³/mol. The number of anilines is 1. The molecule has 3 aromatic rings. The molecule has 0 spiro atoms. The van der Waals surface area contributed by atoms with Crippen molar-refractivity contribution >= 4 is 11.5 Å². The largest absolute Gasteiger partial charge is 0.384 e. The van der Waals surface area contributed by atoms with Crippen LogP contribution in [0.25, 0.3) is 17.2 Å². The van der Waals surface area contributed by atoms with Gasteiger partial charge in [0.2, 0.25) is 0 Å². The SMILES string of the molecule is CCc1cc(N)nc(-c2cn3ccccc3n2)n1. The summed E-state index contributed by atoms with van der Waals surface area (Å²) in [5.74, 6) is 1.06. The average molecular weight is 239 g/mol. The van der Waals surface area contributed by atoms with Gasteiger partial charge in [-0.2, -0.15) is 0 Å². The molecule has 0 amide bonds. The maximum Gasteiger partial charge on any atom is 0.182 e. The summed E-state index contributed by atoms with van der Waals surface area (Å²) in [7, 11) is 0. The first-order valence-corrected chi connectivity index (χ1v) is 5.84. The second-order valence-electron chi connectivity index (χ2n) is 4.05. The number of pyridine rings is 1. The molecule has 90 valence electrons. The Morgan fingerprint density at radius 1 is 1.22 bits per heavy atom. The highest BCUT2D eigenvalue weighted by molar-refractivity contribution is 5.57. The molecule has 3 aromatic heterocycles. The molecule has 0 aliphatic rings. The zero-order valence-corrected chi connectivity index (χ0v) is 10.0. The highest BCUT2D eigenvalue weighted by Gasteiger charge is 2.08. The molecule has 5 heteroatoms. The van der Waals surface area contributed by atoms with Crippen LogP contribution in [-0.4, -0.2) is 19.4 Å². The van der Waals surface area contributed by atoms with E-state index >= 15 is 0 Å². The third kappa shape index (κ3) is 1.79. The molecular weight excluding hydrogens is 226 g/mol. The van der Waals surface area contributed by atoms with E-state index in [1.165, 1.54) is 0 Å². The van der Waals surface area contributed by atoms with Crippen LogP contribution in [0, 0.1) is 0 Å². The molecule has 0 unspecified atom stereocenters. The molecule has 0 saturated carbocycles. The Labute approximate surface area is 104 Å². The number of fused-ring (bicyclic) bond motifs is 1. The lowest BCUT2D eigenvalue weighted by molar-refractivity contribution is 1.00. The third-order valence-corrected chi connectivity index (χ3v) is 2.75. The summed E-state index contributed by atoms with van der Waals surface area (Å²) in [6, 6.07) is 7.63. The van der Waals surface area contributed by atoms with Crippen LogP contribution in [0.5, 0.6) is 0 Å². The van der Waals surface area contributed by atoms with Crippen molar-refractivity contribution < 1.29 is 0 Å². The fraction of sp³-hybridized carbons (Fsp3) is 0.154. The number of hydrogen-bond acceptors (Lipinski definition) is 4. The van der Waals surface area contributed by atoms with Gasteiger partial charge in [-0.1, -0.05) is 13.0 Å². The van der Waals surface area contributed by atoms with Gasteiger partial charge in [0.05, 0.1) is 0 Å². The lowest BCUT2D eigenvalue weighted by Crippen LogP contribution is -1.99. The predicted octanol–water partition coefficient (Wildman–Crippen LogP) is 1.94. The van der Waals surface area contributed by atoms with Gasteiger partial charge in [-0.05, 0) is 18.6 Å². The second kappa shape index (κ2) is 4.10. The summed E-state index contributed by atoms with van der Waals surface area (Å²) >= 11 is 0. The van der Waals surface area contributed by atoms with Crippen molar-refractivity contribution in [2.24, 2.45) is 0 Å².